The molecule has 3 aromatic rings. The van der Waals surface area contributed by atoms with E-state index in [0.717, 1.165) is 10.4 Å². The number of hydrogen-bond acceptors (Lipinski definition) is 5. The molecule has 8 heteroatoms. The molecule has 0 aliphatic rings. The Labute approximate surface area is 157 Å². The van der Waals surface area contributed by atoms with E-state index in [2.05, 4.69) is 9.97 Å². The first kappa shape index (κ1) is 17.9. The molecule has 1 N–H and O–H groups in total. The summed E-state index contributed by atoms with van der Waals surface area (Å²) in [6, 6.07) is 4.71. The van der Waals surface area contributed by atoms with E-state index in [0.29, 0.717) is 10.2 Å². The van der Waals surface area contributed by atoms with Crippen molar-refractivity contribution in [3.8, 4) is 0 Å². The lowest BCUT2D eigenvalue weighted by Crippen LogP contribution is -2.17. The summed E-state index contributed by atoms with van der Waals surface area (Å²) in [6.07, 6.45) is -0.748. The number of carbonyl (C=O) groups excluding carboxylic acids is 1. The van der Waals surface area contributed by atoms with E-state index in [-0.39, 0.29) is 27.0 Å². The lowest BCUT2D eigenvalue weighted by molar-refractivity contribution is 0.0320. The van der Waals surface area contributed by atoms with Crippen LogP contribution in [0.15, 0.2) is 23.0 Å². The van der Waals surface area contributed by atoms with Crippen molar-refractivity contribution in [2.75, 3.05) is 0 Å². The highest BCUT2D eigenvalue weighted by Crippen LogP contribution is 2.29. The van der Waals surface area contributed by atoms with E-state index in [9.17, 15) is 9.59 Å². The van der Waals surface area contributed by atoms with Gasteiger partial charge >= 0.3 is 5.97 Å². The molecule has 1 atom stereocenters. The average molecular weight is 397 g/mol. The third-order valence-corrected chi connectivity index (χ3v) is 5.82. The highest BCUT2D eigenvalue weighted by Gasteiger charge is 2.21. The van der Waals surface area contributed by atoms with E-state index >= 15 is 0 Å². The first-order valence-corrected chi connectivity index (χ1v) is 9.01. The molecule has 5 nitrogen and oxygen atoms in total. The molecule has 0 aliphatic carbocycles. The maximum atomic E-state index is 12.3. The van der Waals surface area contributed by atoms with Crippen molar-refractivity contribution in [3.63, 3.8) is 0 Å². The third kappa shape index (κ3) is 3.29. The number of nitrogens with zero attached hydrogens (tertiary/aromatic N) is 1. The SMILES string of the molecule is Cc1sc2nc([C@H](C)OC(=O)c3cccc(Cl)c3Cl)[nH]c(=O)c2c1C. The molecule has 0 radical (unpaired) electrons. The van der Waals surface area contributed by atoms with Crippen LogP contribution in [0.2, 0.25) is 10.0 Å². The number of thiophene rings is 1. The fraction of sp³-hybridized carbons (Fsp3) is 0.235. The predicted octanol–water partition coefficient (Wildman–Crippen LogP) is 4.83. The van der Waals surface area contributed by atoms with Crippen molar-refractivity contribution >= 4 is 50.7 Å². The van der Waals surface area contributed by atoms with Gasteiger partial charge < -0.3 is 9.72 Å². The van der Waals surface area contributed by atoms with Gasteiger partial charge in [-0.2, -0.15) is 0 Å². The molecule has 25 heavy (non-hydrogen) atoms. The highest BCUT2D eigenvalue weighted by molar-refractivity contribution is 7.18. The van der Waals surface area contributed by atoms with Crippen molar-refractivity contribution in [3.05, 3.63) is 60.4 Å². The molecule has 0 fully saturated rings. The molecular formula is C17H14Cl2N2O3S. The number of carbonyl (C=O) groups is 1. The lowest BCUT2D eigenvalue weighted by atomic mass is 10.2. The summed E-state index contributed by atoms with van der Waals surface area (Å²) >= 11 is 13.4. The second-order valence-corrected chi connectivity index (χ2v) is 7.55. The number of benzene rings is 1. The van der Waals surface area contributed by atoms with Crippen LogP contribution in [0.25, 0.3) is 10.2 Å². The van der Waals surface area contributed by atoms with Crippen LogP contribution in [0.3, 0.4) is 0 Å². The second kappa shape index (κ2) is 6.78. The van der Waals surface area contributed by atoms with Gasteiger partial charge in [0, 0.05) is 4.88 Å². The van der Waals surface area contributed by atoms with E-state index < -0.39 is 12.1 Å². The first-order chi connectivity index (χ1) is 11.8. The van der Waals surface area contributed by atoms with Crippen molar-refractivity contribution in [2.45, 2.75) is 26.9 Å². The number of aromatic amines is 1. The number of halogens is 2. The molecule has 2 heterocycles. The molecule has 0 bridgehead atoms. The second-order valence-electron chi connectivity index (χ2n) is 5.56. The van der Waals surface area contributed by atoms with Crippen LogP contribution < -0.4 is 5.56 Å². The minimum absolute atomic E-state index is 0.128. The molecular weight excluding hydrogens is 383 g/mol. The van der Waals surface area contributed by atoms with Gasteiger partial charge in [0.2, 0.25) is 0 Å². The average Bonchev–Trinajstić information content (AvgIpc) is 2.84. The van der Waals surface area contributed by atoms with Crippen molar-refractivity contribution in [1.29, 1.82) is 0 Å². The Hall–Kier alpha value is -1.89. The first-order valence-electron chi connectivity index (χ1n) is 7.44. The maximum Gasteiger partial charge on any atom is 0.340 e. The van der Waals surface area contributed by atoms with E-state index in [1.807, 2.05) is 13.8 Å². The quantitative estimate of drug-likeness (QED) is 0.643. The number of aryl methyl sites for hydroxylation is 2. The minimum Gasteiger partial charge on any atom is -0.451 e. The Bertz CT molecular complexity index is 1040. The van der Waals surface area contributed by atoms with Crippen LogP contribution in [0.5, 0.6) is 0 Å². The van der Waals surface area contributed by atoms with Gasteiger partial charge in [0.1, 0.15) is 4.83 Å². The number of H-pyrrole nitrogens is 1. The number of esters is 1. The molecule has 2 aromatic heterocycles. The summed E-state index contributed by atoms with van der Waals surface area (Å²) in [5.41, 5.74) is 0.827. The Morgan fingerprint density at radius 2 is 2.04 bits per heavy atom. The standard InChI is InChI=1S/C17H14Cl2N2O3S/c1-7-9(3)25-16-12(7)15(22)20-14(21-16)8(2)24-17(23)10-5-4-6-11(18)13(10)19/h4-6,8H,1-3H3,(H,20,21,22)/t8-/m0/s1. The minimum atomic E-state index is -0.748. The van der Waals surface area contributed by atoms with Crippen LogP contribution in [0, 0.1) is 13.8 Å². The van der Waals surface area contributed by atoms with Crippen LogP contribution in [0.4, 0.5) is 0 Å². The number of hydrogen-bond donors (Lipinski definition) is 1. The zero-order valence-corrected chi connectivity index (χ0v) is 16.0. The Morgan fingerprint density at radius 1 is 1.32 bits per heavy atom. The molecule has 0 amide bonds. The van der Waals surface area contributed by atoms with Gasteiger partial charge in [-0.15, -0.1) is 11.3 Å². The lowest BCUT2D eigenvalue weighted by Gasteiger charge is -2.13. The fourth-order valence-corrected chi connectivity index (χ4v) is 3.82. The topological polar surface area (TPSA) is 72.0 Å². The molecule has 0 aliphatic heterocycles. The number of rotatable bonds is 3. The molecule has 0 saturated heterocycles. The maximum absolute atomic E-state index is 12.3. The van der Waals surface area contributed by atoms with Gasteiger partial charge in [0.05, 0.1) is 21.0 Å². The largest absolute Gasteiger partial charge is 0.451 e. The smallest absolute Gasteiger partial charge is 0.340 e. The molecule has 0 unspecified atom stereocenters. The Morgan fingerprint density at radius 3 is 2.76 bits per heavy atom. The summed E-state index contributed by atoms with van der Waals surface area (Å²) < 4.78 is 5.39. The van der Waals surface area contributed by atoms with E-state index in [4.69, 9.17) is 27.9 Å². The van der Waals surface area contributed by atoms with Crippen LogP contribution in [0.1, 0.15) is 39.7 Å². The summed E-state index contributed by atoms with van der Waals surface area (Å²) in [7, 11) is 0. The molecule has 130 valence electrons. The van der Waals surface area contributed by atoms with Crippen LogP contribution >= 0.6 is 34.5 Å². The van der Waals surface area contributed by atoms with E-state index in [1.54, 1.807) is 19.1 Å². The summed E-state index contributed by atoms with van der Waals surface area (Å²) in [5, 5.41) is 0.965. The number of fused-ring (bicyclic) bond motifs is 1. The highest BCUT2D eigenvalue weighted by atomic mass is 35.5. The predicted molar refractivity (Wildman–Crippen MR) is 100 cm³/mol. The van der Waals surface area contributed by atoms with Gasteiger partial charge in [0.15, 0.2) is 11.9 Å². The zero-order valence-electron chi connectivity index (χ0n) is 13.6. The van der Waals surface area contributed by atoms with Gasteiger partial charge in [-0.1, -0.05) is 29.3 Å². The molecule has 1 aromatic carbocycles. The number of nitrogens with one attached hydrogen (secondary N) is 1. The summed E-state index contributed by atoms with van der Waals surface area (Å²) in [6.45, 7) is 5.45. The molecule has 0 spiro atoms. The van der Waals surface area contributed by atoms with Gasteiger partial charge in [-0.3, -0.25) is 4.79 Å². The normalized spacial score (nSPS) is 12.4. The Kier molecular flexibility index (Phi) is 4.86. The van der Waals surface area contributed by atoms with E-state index in [1.165, 1.54) is 17.4 Å². The number of aromatic nitrogens is 2. The summed E-state index contributed by atoms with van der Waals surface area (Å²) in [4.78, 5) is 33.4. The summed E-state index contributed by atoms with van der Waals surface area (Å²) in [5.74, 6) is -0.355. The number of ether oxygens (including phenoxy) is 1. The third-order valence-electron chi connectivity index (χ3n) is 3.90. The monoisotopic (exact) mass is 396 g/mol. The van der Waals surface area contributed by atoms with Crippen molar-refractivity contribution < 1.29 is 9.53 Å². The van der Waals surface area contributed by atoms with Crippen LogP contribution in [-0.2, 0) is 4.74 Å². The van der Waals surface area contributed by atoms with Gasteiger partial charge in [0.25, 0.3) is 5.56 Å². The zero-order chi connectivity index (χ0) is 18.3. The van der Waals surface area contributed by atoms with Gasteiger partial charge in [-0.05, 0) is 38.5 Å². The van der Waals surface area contributed by atoms with Crippen LogP contribution in [-0.4, -0.2) is 15.9 Å². The molecule has 3 rings (SSSR count). The Balaban J connectivity index is 1.92. The van der Waals surface area contributed by atoms with Crippen molar-refractivity contribution in [1.82, 2.24) is 9.97 Å². The fourth-order valence-electron chi connectivity index (χ4n) is 2.41. The molecule has 0 saturated carbocycles. The van der Waals surface area contributed by atoms with Gasteiger partial charge in [-0.25, -0.2) is 9.78 Å². The van der Waals surface area contributed by atoms with Crippen molar-refractivity contribution in [2.24, 2.45) is 0 Å².